The number of carbonyl (C=O) groups is 1. The lowest BCUT2D eigenvalue weighted by molar-refractivity contribution is 0.0694. The van der Waals surface area contributed by atoms with E-state index in [1.807, 2.05) is 32.6 Å². The molecular weight excluding hydrogens is 240 g/mol. The van der Waals surface area contributed by atoms with Crippen LogP contribution in [0.2, 0.25) is 0 Å². The summed E-state index contributed by atoms with van der Waals surface area (Å²) in [7, 11) is 0. The van der Waals surface area contributed by atoms with Crippen molar-refractivity contribution in [2.45, 2.75) is 52.4 Å². The summed E-state index contributed by atoms with van der Waals surface area (Å²) in [6.07, 6.45) is 3.78. The van der Waals surface area contributed by atoms with Gasteiger partial charge < -0.3 is 4.90 Å². The van der Waals surface area contributed by atoms with Gasteiger partial charge in [0, 0.05) is 18.5 Å². The molecule has 1 amide bonds. The van der Waals surface area contributed by atoms with Crippen molar-refractivity contribution in [2.75, 3.05) is 13.1 Å². The third-order valence-electron chi connectivity index (χ3n) is 3.76. The van der Waals surface area contributed by atoms with Crippen LogP contribution >= 0.6 is 0 Å². The number of aromatic amines is 1. The normalized spacial score (nSPS) is 16.2. The van der Waals surface area contributed by atoms with Crippen molar-refractivity contribution < 1.29 is 4.79 Å². The summed E-state index contributed by atoms with van der Waals surface area (Å²) in [5, 5.41) is 6.95. The smallest absolute Gasteiger partial charge is 0.293 e. The van der Waals surface area contributed by atoms with Crippen molar-refractivity contribution in [3.63, 3.8) is 0 Å². The summed E-state index contributed by atoms with van der Waals surface area (Å²) in [5.41, 5.74) is -0.115. The highest BCUT2D eigenvalue weighted by atomic mass is 16.2. The quantitative estimate of drug-likeness (QED) is 0.908. The number of nitrogens with one attached hydrogen (secondary N) is 1. The Kier molecular flexibility index (Phi) is 3.92. The minimum absolute atomic E-state index is 0.0545. The molecule has 0 saturated heterocycles. The fraction of sp³-hybridized carbons (Fsp3) is 0.786. The van der Waals surface area contributed by atoms with Crippen LogP contribution in [0.5, 0.6) is 0 Å². The van der Waals surface area contributed by atoms with Crippen molar-refractivity contribution in [3.05, 3.63) is 11.6 Å². The van der Waals surface area contributed by atoms with Crippen molar-refractivity contribution >= 4 is 5.91 Å². The molecule has 0 atom stereocenters. The highest BCUT2D eigenvalue weighted by Crippen LogP contribution is 2.27. The van der Waals surface area contributed by atoms with Gasteiger partial charge >= 0.3 is 0 Å². The molecule has 1 N–H and O–H groups in total. The Bertz CT molecular complexity index is 443. The van der Waals surface area contributed by atoms with E-state index in [-0.39, 0.29) is 11.3 Å². The van der Waals surface area contributed by atoms with Crippen molar-refractivity contribution in [3.8, 4) is 0 Å². The van der Waals surface area contributed by atoms with Gasteiger partial charge in [0.1, 0.15) is 5.82 Å². The fourth-order valence-corrected chi connectivity index (χ4v) is 2.18. The van der Waals surface area contributed by atoms with E-state index in [4.69, 9.17) is 0 Å². The molecule has 1 aliphatic rings. The zero-order chi connectivity index (χ0) is 14.0. The standard InChI is InChI=1S/C14H24N4O/c1-5-18(9-10-7-6-8-10)12(19)11-15-13(17-16-11)14(2,3)4/h10H,5-9H2,1-4H3,(H,15,16,17). The molecule has 0 radical (unpaired) electrons. The van der Waals surface area contributed by atoms with Crippen LogP contribution in [0.3, 0.4) is 0 Å². The van der Waals surface area contributed by atoms with E-state index in [2.05, 4.69) is 15.2 Å². The summed E-state index contributed by atoms with van der Waals surface area (Å²) in [6.45, 7) is 9.71. The van der Waals surface area contributed by atoms with Gasteiger partial charge in [-0.1, -0.05) is 27.2 Å². The lowest BCUT2D eigenvalue weighted by Gasteiger charge is -2.31. The van der Waals surface area contributed by atoms with Crippen LogP contribution in [0.1, 0.15) is 63.4 Å². The minimum Gasteiger partial charge on any atom is -0.336 e. The van der Waals surface area contributed by atoms with E-state index >= 15 is 0 Å². The molecule has 1 aliphatic carbocycles. The van der Waals surface area contributed by atoms with Crippen LogP contribution in [0.25, 0.3) is 0 Å². The Morgan fingerprint density at radius 3 is 2.53 bits per heavy atom. The maximum absolute atomic E-state index is 12.4. The van der Waals surface area contributed by atoms with Gasteiger partial charge in [-0.25, -0.2) is 4.98 Å². The van der Waals surface area contributed by atoms with Gasteiger partial charge in [0.15, 0.2) is 0 Å². The first-order valence-corrected chi connectivity index (χ1v) is 7.14. The van der Waals surface area contributed by atoms with Crippen LogP contribution in [0, 0.1) is 5.92 Å². The van der Waals surface area contributed by atoms with E-state index in [1.54, 1.807) is 0 Å². The molecule has 0 bridgehead atoms. The first-order valence-electron chi connectivity index (χ1n) is 7.14. The third kappa shape index (κ3) is 3.14. The minimum atomic E-state index is -0.115. The average molecular weight is 264 g/mol. The second kappa shape index (κ2) is 5.31. The molecule has 0 unspecified atom stereocenters. The Morgan fingerprint density at radius 1 is 1.42 bits per heavy atom. The second-order valence-corrected chi connectivity index (χ2v) is 6.40. The molecule has 19 heavy (non-hydrogen) atoms. The zero-order valence-corrected chi connectivity index (χ0v) is 12.4. The van der Waals surface area contributed by atoms with Gasteiger partial charge in [-0.2, -0.15) is 0 Å². The van der Waals surface area contributed by atoms with Crippen LogP contribution in [0.4, 0.5) is 0 Å². The third-order valence-corrected chi connectivity index (χ3v) is 3.76. The number of rotatable bonds is 4. The number of hydrogen-bond donors (Lipinski definition) is 1. The Balaban J connectivity index is 2.06. The Hall–Kier alpha value is -1.39. The van der Waals surface area contributed by atoms with Crippen molar-refractivity contribution in [1.82, 2.24) is 20.1 Å². The molecule has 0 aliphatic heterocycles. The number of aromatic nitrogens is 3. The van der Waals surface area contributed by atoms with E-state index in [9.17, 15) is 4.79 Å². The largest absolute Gasteiger partial charge is 0.336 e. The first kappa shape index (κ1) is 14.0. The van der Waals surface area contributed by atoms with Gasteiger partial charge in [-0.15, -0.1) is 5.10 Å². The number of amides is 1. The predicted molar refractivity (Wildman–Crippen MR) is 74.0 cm³/mol. The van der Waals surface area contributed by atoms with E-state index in [0.29, 0.717) is 18.3 Å². The molecule has 1 saturated carbocycles. The summed E-state index contributed by atoms with van der Waals surface area (Å²) >= 11 is 0. The Labute approximate surface area is 114 Å². The Morgan fingerprint density at radius 2 is 2.11 bits per heavy atom. The van der Waals surface area contributed by atoms with Crippen LogP contribution < -0.4 is 0 Å². The van der Waals surface area contributed by atoms with E-state index < -0.39 is 0 Å². The zero-order valence-electron chi connectivity index (χ0n) is 12.4. The van der Waals surface area contributed by atoms with E-state index in [0.717, 1.165) is 12.4 Å². The van der Waals surface area contributed by atoms with Crippen LogP contribution in [0.15, 0.2) is 0 Å². The molecule has 1 heterocycles. The number of H-pyrrole nitrogens is 1. The first-order chi connectivity index (χ1) is 8.91. The molecule has 0 aromatic carbocycles. The molecule has 1 aromatic rings. The lowest BCUT2D eigenvalue weighted by atomic mass is 9.85. The molecule has 1 fully saturated rings. The van der Waals surface area contributed by atoms with Crippen molar-refractivity contribution in [1.29, 1.82) is 0 Å². The van der Waals surface area contributed by atoms with E-state index in [1.165, 1.54) is 19.3 Å². The molecule has 0 spiro atoms. The van der Waals surface area contributed by atoms with Gasteiger partial charge in [0.25, 0.3) is 5.91 Å². The maximum atomic E-state index is 12.4. The van der Waals surface area contributed by atoms with Gasteiger partial charge in [-0.3, -0.25) is 9.89 Å². The highest BCUT2D eigenvalue weighted by molar-refractivity contribution is 5.90. The molecule has 5 nitrogen and oxygen atoms in total. The predicted octanol–water partition coefficient (Wildman–Crippen LogP) is 2.36. The fourth-order valence-electron chi connectivity index (χ4n) is 2.18. The number of hydrogen-bond acceptors (Lipinski definition) is 3. The van der Waals surface area contributed by atoms with Gasteiger partial charge in [0.2, 0.25) is 5.82 Å². The summed E-state index contributed by atoms with van der Waals surface area (Å²) in [5.74, 6) is 1.67. The monoisotopic (exact) mass is 264 g/mol. The molecular formula is C14H24N4O. The van der Waals surface area contributed by atoms with Crippen LogP contribution in [-0.4, -0.2) is 39.1 Å². The summed E-state index contributed by atoms with van der Waals surface area (Å²) in [6, 6.07) is 0. The summed E-state index contributed by atoms with van der Waals surface area (Å²) < 4.78 is 0. The molecule has 1 aromatic heterocycles. The number of nitrogens with zero attached hydrogens (tertiary/aromatic N) is 3. The molecule has 106 valence electrons. The molecule has 5 heteroatoms. The topological polar surface area (TPSA) is 61.9 Å². The molecule has 2 rings (SSSR count). The van der Waals surface area contributed by atoms with Gasteiger partial charge in [-0.05, 0) is 25.7 Å². The van der Waals surface area contributed by atoms with Crippen molar-refractivity contribution in [2.24, 2.45) is 5.92 Å². The SMILES string of the molecule is CCN(CC1CCC1)C(=O)c1n[nH]c(C(C)(C)C)n1. The average Bonchev–Trinajstić information content (AvgIpc) is 2.76. The lowest BCUT2D eigenvalue weighted by Crippen LogP contribution is -2.37. The number of carbonyl (C=O) groups excluding carboxylic acids is 1. The maximum Gasteiger partial charge on any atom is 0.293 e. The summed E-state index contributed by atoms with van der Waals surface area (Å²) in [4.78, 5) is 18.6. The highest BCUT2D eigenvalue weighted by Gasteiger charge is 2.27. The van der Waals surface area contributed by atoms with Crippen LogP contribution in [-0.2, 0) is 5.41 Å². The van der Waals surface area contributed by atoms with Gasteiger partial charge in [0.05, 0.1) is 0 Å². The second-order valence-electron chi connectivity index (χ2n) is 6.40.